The van der Waals surface area contributed by atoms with Crippen LogP contribution in [0.4, 0.5) is 0 Å². The zero-order valence-electron chi connectivity index (χ0n) is 12.5. The maximum absolute atomic E-state index is 12.9. The molecule has 0 aromatic heterocycles. The summed E-state index contributed by atoms with van der Waals surface area (Å²) in [5.41, 5.74) is 0. The van der Waals surface area contributed by atoms with E-state index < -0.39 is 0 Å². The zero-order valence-corrected chi connectivity index (χ0v) is 13.3. The smallest absolute Gasteiger partial charge is 0.236 e. The predicted octanol–water partition coefficient (Wildman–Crippen LogP) is 3.39. The van der Waals surface area contributed by atoms with E-state index >= 15 is 0 Å². The first-order valence-electron chi connectivity index (χ1n) is 7.86. The summed E-state index contributed by atoms with van der Waals surface area (Å²) >= 11 is 1.74. The Balaban J connectivity index is 1.72. The van der Waals surface area contributed by atoms with Crippen LogP contribution in [0.2, 0.25) is 0 Å². The Bertz CT molecular complexity index is 485. The maximum atomic E-state index is 12.9. The van der Waals surface area contributed by atoms with Gasteiger partial charge in [-0.3, -0.25) is 4.79 Å². The summed E-state index contributed by atoms with van der Waals surface area (Å²) in [5.74, 6) is 0.205. The van der Waals surface area contributed by atoms with Crippen molar-refractivity contribution in [3.05, 3.63) is 30.3 Å². The predicted molar refractivity (Wildman–Crippen MR) is 85.5 cm³/mol. The quantitative estimate of drug-likeness (QED) is 0.926. The molecule has 3 nitrogen and oxygen atoms in total. The normalized spacial score (nSPS) is 27.7. The van der Waals surface area contributed by atoms with Crippen molar-refractivity contribution >= 4 is 17.7 Å². The van der Waals surface area contributed by atoms with E-state index in [4.69, 9.17) is 4.74 Å². The molecule has 1 aliphatic carbocycles. The van der Waals surface area contributed by atoms with Gasteiger partial charge in [0.1, 0.15) is 0 Å². The van der Waals surface area contributed by atoms with Crippen LogP contribution in [-0.2, 0) is 9.53 Å². The Morgan fingerprint density at radius 2 is 2.00 bits per heavy atom. The SMILES string of the molecule is C[C@@H]1OCC[C@@H]1NC(=O)C1(Sc2ccccc2)CCCC1. The van der Waals surface area contributed by atoms with Gasteiger partial charge in [0, 0.05) is 11.5 Å². The zero-order chi connectivity index (χ0) is 14.7. The van der Waals surface area contributed by atoms with E-state index in [-0.39, 0.29) is 22.8 Å². The van der Waals surface area contributed by atoms with Crippen LogP contribution in [0, 0.1) is 0 Å². The first-order chi connectivity index (χ1) is 10.2. The summed E-state index contributed by atoms with van der Waals surface area (Å²) in [7, 11) is 0. The van der Waals surface area contributed by atoms with Crippen molar-refractivity contribution in [1.82, 2.24) is 5.32 Å². The van der Waals surface area contributed by atoms with Crippen LogP contribution in [0.3, 0.4) is 0 Å². The Morgan fingerprint density at radius 3 is 2.62 bits per heavy atom. The fourth-order valence-electron chi connectivity index (χ4n) is 3.26. The van der Waals surface area contributed by atoms with Crippen molar-refractivity contribution in [2.24, 2.45) is 0 Å². The average Bonchev–Trinajstić information content (AvgIpc) is 3.11. The van der Waals surface area contributed by atoms with Gasteiger partial charge < -0.3 is 10.1 Å². The van der Waals surface area contributed by atoms with Crippen molar-refractivity contribution < 1.29 is 9.53 Å². The lowest BCUT2D eigenvalue weighted by Crippen LogP contribution is -2.48. The first-order valence-corrected chi connectivity index (χ1v) is 8.68. The van der Waals surface area contributed by atoms with Gasteiger partial charge in [-0.2, -0.15) is 0 Å². The Hall–Kier alpha value is -1.00. The monoisotopic (exact) mass is 305 g/mol. The highest BCUT2D eigenvalue weighted by atomic mass is 32.2. The summed E-state index contributed by atoms with van der Waals surface area (Å²) in [6.07, 6.45) is 5.29. The number of rotatable bonds is 4. The summed E-state index contributed by atoms with van der Waals surface area (Å²) < 4.78 is 5.27. The van der Waals surface area contributed by atoms with E-state index in [1.54, 1.807) is 11.8 Å². The van der Waals surface area contributed by atoms with Gasteiger partial charge in [-0.25, -0.2) is 0 Å². The molecule has 2 aliphatic rings. The molecule has 0 bridgehead atoms. The van der Waals surface area contributed by atoms with Gasteiger partial charge in [-0.05, 0) is 38.3 Å². The highest BCUT2D eigenvalue weighted by Gasteiger charge is 2.43. The van der Waals surface area contributed by atoms with Crippen LogP contribution in [0.1, 0.15) is 39.0 Å². The van der Waals surface area contributed by atoms with Gasteiger partial charge in [0.05, 0.1) is 16.9 Å². The van der Waals surface area contributed by atoms with Gasteiger partial charge >= 0.3 is 0 Å². The topological polar surface area (TPSA) is 38.3 Å². The second-order valence-electron chi connectivity index (χ2n) is 6.06. The molecule has 0 spiro atoms. The van der Waals surface area contributed by atoms with E-state index in [0.717, 1.165) is 38.7 Å². The number of thioether (sulfide) groups is 1. The third-order valence-corrected chi connectivity index (χ3v) is 6.07. The molecule has 1 saturated carbocycles. The van der Waals surface area contributed by atoms with Gasteiger partial charge in [0.2, 0.25) is 5.91 Å². The van der Waals surface area contributed by atoms with Crippen LogP contribution in [0.5, 0.6) is 0 Å². The minimum atomic E-state index is -0.288. The van der Waals surface area contributed by atoms with E-state index in [0.29, 0.717) is 0 Å². The molecule has 21 heavy (non-hydrogen) atoms. The third-order valence-electron chi connectivity index (χ3n) is 4.57. The Morgan fingerprint density at radius 1 is 1.29 bits per heavy atom. The number of hydrogen-bond acceptors (Lipinski definition) is 3. The summed E-state index contributed by atoms with van der Waals surface area (Å²) in [6, 6.07) is 10.5. The number of nitrogens with one attached hydrogen (secondary N) is 1. The highest BCUT2D eigenvalue weighted by molar-refractivity contribution is 8.01. The largest absolute Gasteiger partial charge is 0.376 e. The summed E-state index contributed by atoms with van der Waals surface area (Å²) in [6.45, 7) is 2.80. The third kappa shape index (κ3) is 3.27. The molecule has 0 radical (unpaired) electrons. The van der Waals surface area contributed by atoms with E-state index in [1.165, 1.54) is 4.90 Å². The minimum Gasteiger partial charge on any atom is -0.376 e. The molecular weight excluding hydrogens is 282 g/mol. The van der Waals surface area contributed by atoms with Crippen LogP contribution >= 0.6 is 11.8 Å². The number of carbonyl (C=O) groups excluding carboxylic acids is 1. The van der Waals surface area contributed by atoms with Crippen LogP contribution in [-0.4, -0.2) is 29.4 Å². The van der Waals surface area contributed by atoms with Crippen LogP contribution in [0.25, 0.3) is 0 Å². The number of hydrogen-bond donors (Lipinski definition) is 1. The van der Waals surface area contributed by atoms with Crippen molar-refractivity contribution in [3.8, 4) is 0 Å². The lowest BCUT2D eigenvalue weighted by molar-refractivity contribution is -0.124. The van der Waals surface area contributed by atoms with Crippen molar-refractivity contribution in [1.29, 1.82) is 0 Å². The standard InChI is InChI=1S/C17H23NO2S/c1-13-15(9-12-20-13)18-16(19)17(10-5-6-11-17)21-14-7-3-2-4-8-14/h2-4,7-8,13,15H,5-6,9-12H2,1H3,(H,18,19)/t13-,15-/m0/s1. The summed E-state index contributed by atoms with van der Waals surface area (Å²) in [5, 5.41) is 3.25. The Kier molecular flexibility index (Phi) is 4.55. The first kappa shape index (κ1) is 14.9. The molecule has 1 heterocycles. The average molecular weight is 305 g/mol. The molecule has 0 unspecified atom stereocenters. The van der Waals surface area contributed by atoms with E-state index in [2.05, 4.69) is 17.4 Å². The second-order valence-corrected chi connectivity index (χ2v) is 7.52. The van der Waals surface area contributed by atoms with Crippen molar-refractivity contribution in [2.75, 3.05) is 6.61 Å². The van der Waals surface area contributed by atoms with Crippen LogP contribution < -0.4 is 5.32 Å². The van der Waals surface area contributed by atoms with Gasteiger partial charge in [0.15, 0.2) is 0 Å². The molecular formula is C17H23NO2S. The van der Waals surface area contributed by atoms with Crippen molar-refractivity contribution in [2.45, 2.75) is 60.8 Å². The molecule has 1 aromatic carbocycles. The number of ether oxygens (including phenoxy) is 1. The van der Waals surface area contributed by atoms with Crippen molar-refractivity contribution in [3.63, 3.8) is 0 Å². The summed E-state index contributed by atoms with van der Waals surface area (Å²) in [4.78, 5) is 14.1. The molecule has 114 valence electrons. The molecule has 1 amide bonds. The molecule has 2 atom stereocenters. The molecule has 1 N–H and O–H groups in total. The number of carbonyl (C=O) groups is 1. The highest BCUT2D eigenvalue weighted by Crippen LogP contribution is 2.45. The molecule has 3 rings (SSSR count). The number of benzene rings is 1. The van der Waals surface area contributed by atoms with Gasteiger partial charge in [0.25, 0.3) is 0 Å². The second kappa shape index (κ2) is 6.41. The maximum Gasteiger partial charge on any atom is 0.236 e. The molecule has 1 aliphatic heterocycles. The lowest BCUT2D eigenvalue weighted by atomic mass is 10.0. The van der Waals surface area contributed by atoms with E-state index in [1.807, 2.05) is 25.1 Å². The minimum absolute atomic E-state index is 0.133. The van der Waals surface area contributed by atoms with Crippen LogP contribution in [0.15, 0.2) is 35.2 Å². The van der Waals surface area contributed by atoms with E-state index in [9.17, 15) is 4.79 Å². The van der Waals surface area contributed by atoms with Gasteiger partial charge in [-0.1, -0.05) is 31.0 Å². The molecule has 1 saturated heterocycles. The Labute approximate surface area is 130 Å². The molecule has 1 aromatic rings. The molecule has 4 heteroatoms. The lowest BCUT2D eigenvalue weighted by Gasteiger charge is -2.29. The van der Waals surface area contributed by atoms with Gasteiger partial charge in [-0.15, -0.1) is 11.8 Å². The molecule has 2 fully saturated rings. The fraction of sp³-hybridized carbons (Fsp3) is 0.588. The fourth-order valence-corrected chi connectivity index (χ4v) is 4.65. The number of amides is 1.